The molecule has 0 aromatic rings. The highest BCUT2D eigenvalue weighted by Crippen LogP contribution is 2.44. The lowest BCUT2D eigenvalue weighted by atomic mass is 9.65. The second kappa shape index (κ2) is 5.52. The minimum atomic E-state index is -1.51. The molecule has 0 bridgehead atoms. The van der Waals surface area contributed by atoms with Gasteiger partial charge in [0.2, 0.25) is 0 Å². The van der Waals surface area contributed by atoms with E-state index in [0.29, 0.717) is 17.3 Å². The minimum absolute atomic E-state index is 0.243. The summed E-state index contributed by atoms with van der Waals surface area (Å²) in [5, 5.41) is 8.43. The van der Waals surface area contributed by atoms with Crippen LogP contribution in [0.5, 0.6) is 0 Å². The zero-order valence-corrected chi connectivity index (χ0v) is 10.9. The molecule has 0 spiro atoms. The lowest BCUT2D eigenvalue weighted by Crippen LogP contribution is -2.33. The molecular weight excluding hydrogens is 220 g/mol. The van der Waals surface area contributed by atoms with E-state index in [1.807, 2.05) is 0 Å². The van der Waals surface area contributed by atoms with E-state index >= 15 is 0 Å². The second-order valence-corrected chi connectivity index (χ2v) is 5.67. The van der Waals surface area contributed by atoms with Crippen LogP contribution in [0.1, 0.15) is 46.5 Å². The molecule has 0 saturated heterocycles. The van der Waals surface area contributed by atoms with Crippen LogP contribution >= 0.6 is 0 Å². The van der Waals surface area contributed by atoms with E-state index in [1.54, 1.807) is 0 Å². The van der Waals surface area contributed by atoms with Gasteiger partial charge in [-0.15, -0.1) is 0 Å². The molecule has 1 saturated carbocycles. The first kappa shape index (κ1) is 14.0. The highest BCUT2D eigenvalue weighted by Gasteiger charge is 2.35. The van der Waals surface area contributed by atoms with Crippen molar-refractivity contribution in [2.75, 3.05) is 6.61 Å². The molecule has 17 heavy (non-hydrogen) atoms. The Balaban J connectivity index is 2.45. The Hall–Kier alpha value is -1.06. The quantitative estimate of drug-likeness (QED) is 0.610. The molecule has 0 amide bonds. The van der Waals surface area contributed by atoms with E-state index in [2.05, 4.69) is 20.8 Å². The summed E-state index contributed by atoms with van der Waals surface area (Å²) >= 11 is 0. The van der Waals surface area contributed by atoms with E-state index in [-0.39, 0.29) is 6.61 Å². The van der Waals surface area contributed by atoms with E-state index in [0.717, 1.165) is 19.3 Å². The third-order valence-electron chi connectivity index (χ3n) is 4.13. The molecule has 4 heteroatoms. The van der Waals surface area contributed by atoms with Gasteiger partial charge in [0.15, 0.2) is 0 Å². The summed E-state index contributed by atoms with van der Waals surface area (Å²) in [6.07, 6.45) is 4.37. The maximum absolute atomic E-state index is 10.9. The third kappa shape index (κ3) is 3.72. The van der Waals surface area contributed by atoms with Crippen molar-refractivity contribution in [3.63, 3.8) is 0 Å². The fraction of sp³-hybridized carbons (Fsp3) is 0.846. The van der Waals surface area contributed by atoms with Gasteiger partial charge in [-0.2, -0.15) is 0 Å². The van der Waals surface area contributed by atoms with Crippen LogP contribution in [0, 0.1) is 17.3 Å². The largest absolute Gasteiger partial charge is 0.473 e. The van der Waals surface area contributed by atoms with Gasteiger partial charge in [-0.1, -0.05) is 27.2 Å². The van der Waals surface area contributed by atoms with Crippen molar-refractivity contribution in [2.45, 2.75) is 46.5 Å². The Bertz CT molecular complexity index is 298. The van der Waals surface area contributed by atoms with E-state index in [9.17, 15) is 9.59 Å². The minimum Gasteiger partial charge on any atom is -0.473 e. The molecule has 0 aromatic heterocycles. The number of carboxylic acids is 1. The monoisotopic (exact) mass is 242 g/mol. The van der Waals surface area contributed by atoms with Gasteiger partial charge in [-0.25, -0.2) is 9.59 Å². The average molecular weight is 242 g/mol. The number of rotatable bonds is 3. The number of esters is 1. The first-order valence-corrected chi connectivity index (χ1v) is 6.25. The molecule has 1 fully saturated rings. The summed E-state index contributed by atoms with van der Waals surface area (Å²) in [5.41, 5.74) is 0.290. The molecule has 98 valence electrons. The SMILES string of the molecule is CC(C)C1(C)CCCC(COC(=O)C(=O)O)C1. The van der Waals surface area contributed by atoms with Crippen LogP contribution in [0.2, 0.25) is 0 Å². The molecule has 0 aliphatic heterocycles. The number of aliphatic carboxylic acids is 1. The van der Waals surface area contributed by atoms with Crippen molar-refractivity contribution in [1.82, 2.24) is 0 Å². The van der Waals surface area contributed by atoms with Crippen molar-refractivity contribution in [2.24, 2.45) is 17.3 Å². The lowest BCUT2D eigenvalue weighted by Gasteiger charge is -2.41. The van der Waals surface area contributed by atoms with Crippen molar-refractivity contribution in [1.29, 1.82) is 0 Å². The maximum Gasteiger partial charge on any atom is 0.417 e. The topological polar surface area (TPSA) is 63.6 Å². The number of hydrogen-bond acceptors (Lipinski definition) is 3. The Labute approximate surface area is 102 Å². The van der Waals surface area contributed by atoms with Gasteiger partial charge in [0.1, 0.15) is 0 Å². The molecule has 1 aliphatic carbocycles. The second-order valence-electron chi connectivity index (χ2n) is 5.67. The molecule has 1 rings (SSSR count). The molecule has 0 heterocycles. The Morgan fingerprint density at radius 1 is 1.47 bits per heavy atom. The van der Waals surface area contributed by atoms with Gasteiger partial charge in [0, 0.05) is 0 Å². The van der Waals surface area contributed by atoms with E-state index in [1.165, 1.54) is 6.42 Å². The first-order valence-electron chi connectivity index (χ1n) is 6.25. The number of hydrogen-bond donors (Lipinski definition) is 1. The van der Waals surface area contributed by atoms with E-state index in [4.69, 9.17) is 9.84 Å². The van der Waals surface area contributed by atoms with Crippen molar-refractivity contribution < 1.29 is 19.4 Å². The molecule has 0 aromatic carbocycles. The Morgan fingerprint density at radius 2 is 2.12 bits per heavy atom. The van der Waals surface area contributed by atoms with Crippen LogP contribution in [-0.2, 0) is 14.3 Å². The van der Waals surface area contributed by atoms with Crippen LogP contribution in [0.4, 0.5) is 0 Å². The third-order valence-corrected chi connectivity index (χ3v) is 4.13. The standard InChI is InChI=1S/C13H22O4/c1-9(2)13(3)6-4-5-10(7-13)8-17-12(16)11(14)15/h9-10H,4-8H2,1-3H3,(H,14,15). The van der Waals surface area contributed by atoms with Gasteiger partial charge < -0.3 is 9.84 Å². The van der Waals surface area contributed by atoms with Crippen LogP contribution in [0.3, 0.4) is 0 Å². The van der Waals surface area contributed by atoms with Crippen molar-refractivity contribution in [3.8, 4) is 0 Å². The summed E-state index contributed by atoms with van der Waals surface area (Å²) in [7, 11) is 0. The van der Waals surface area contributed by atoms with Gasteiger partial charge >= 0.3 is 11.9 Å². The number of carbonyl (C=O) groups excluding carboxylic acids is 1. The predicted molar refractivity (Wildman–Crippen MR) is 63.5 cm³/mol. The molecular formula is C13H22O4. The zero-order valence-electron chi connectivity index (χ0n) is 10.9. The summed E-state index contributed by atoms with van der Waals surface area (Å²) in [5.74, 6) is -1.74. The smallest absolute Gasteiger partial charge is 0.417 e. The van der Waals surface area contributed by atoms with Gasteiger partial charge in [-0.3, -0.25) is 0 Å². The molecule has 2 atom stereocenters. The van der Waals surface area contributed by atoms with Crippen molar-refractivity contribution in [3.05, 3.63) is 0 Å². The number of carbonyl (C=O) groups is 2. The van der Waals surface area contributed by atoms with Crippen LogP contribution in [0.25, 0.3) is 0 Å². The van der Waals surface area contributed by atoms with Gasteiger partial charge in [-0.05, 0) is 36.5 Å². The summed E-state index contributed by atoms with van der Waals surface area (Å²) in [6, 6.07) is 0. The summed E-state index contributed by atoms with van der Waals surface area (Å²) < 4.78 is 4.78. The van der Waals surface area contributed by atoms with Crippen LogP contribution in [-0.4, -0.2) is 23.7 Å². The summed E-state index contributed by atoms with van der Waals surface area (Å²) in [4.78, 5) is 21.2. The summed E-state index contributed by atoms with van der Waals surface area (Å²) in [6.45, 7) is 6.94. The highest BCUT2D eigenvalue weighted by molar-refractivity contribution is 6.28. The van der Waals surface area contributed by atoms with Gasteiger partial charge in [0.05, 0.1) is 6.61 Å². The normalized spacial score (nSPS) is 29.1. The maximum atomic E-state index is 10.9. The lowest BCUT2D eigenvalue weighted by molar-refractivity contribution is -0.165. The number of ether oxygens (including phenoxy) is 1. The average Bonchev–Trinajstić information content (AvgIpc) is 2.25. The number of carboxylic acid groups (broad SMARTS) is 1. The highest BCUT2D eigenvalue weighted by atomic mass is 16.6. The first-order chi connectivity index (χ1) is 7.85. The van der Waals surface area contributed by atoms with Gasteiger partial charge in [0.25, 0.3) is 0 Å². The molecule has 1 aliphatic rings. The molecule has 0 radical (unpaired) electrons. The predicted octanol–water partition coefficient (Wildman–Crippen LogP) is 2.47. The Morgan fingerprint density at radius 3 is 2.65 bits per heavy atom. The molecule has 4 nitrogen and oxygen atoms in total. The fourth-order valence-corrected chi connectivity index (χ4v) is 2.58. The zero-order chi connectivity index (χ0) is 13.1. The fourth-order valence-electron chi connectivity index (χ4n) is 2.58. The molecule has 1 N–H and O–H groups in total. The van der Waals surface area contributed by atoms with Crippen molar-refractivity contribution >= 4 is 11.9 Å². The molecule has 2 unspecified atom stereocenters. The van der Waals surface area contributed by atoms with Crippen LogP contribution in [0.15, 0.2) is 0 Å². The van der Waals surface area contributed by atoms with E-state index < -0.39 is 11.9 Å². The van der Waals surface area contributed by atoms with Crippen LogP contribution < -0.4 is 0 Å². The Kier molecular flexibility index (Phi) is 4.54.